The number of ether oxygens (including phenoxy) is 1. The first-order valence-corrected chi connectivity index (χ1v) is 7.30. The van der Waals surface area contributed by atoms with Crippen LogP contribution in [0.15, 0.2) is 4.42 Å². The van der Waals surface area contributed by atoms with Crippen molar-refractivity contribution >= 4 is 11.9 Å². The van der Waals surface area contributed by atoms with Crippen molar-refractivity contribution in [2.45, 2.75) is 32.4 Å². The molecular formula is C13H23N5O3. The molecule has 2 atom stereocenters. The monoisotopic (exact) mass is 297 g/mol. The molecule has 1 aliphatic rings. The fraction of sp³-hybridized carbons (Fsp3) is 0.769. The Labute approximate surface area is 124 Å². The highest BCUT2D eigenvalue weighted by molar-refractivity contribution is 5.84. The second-order valence-corrected chi connectivity index (χ2v) is 5.00. The number of likely N-dealkylation sites (N-methyl/N-ethyl adjacent to an activating group) is 1. The van der Waals surface area contributed by atoms with E-state index in [9.17, 15) is 4.79 Å². The number of hydrogen-bond donors (Lipinski definition) is 2. The predicted molar refractivity (Wildman–Crippen MR) is 77.0 cm³/mol. The summed E-state index contributed by atoms with van der Waals surface area (Å²) in [4.78, 5) is 13.7. The zero-order valence-corrected chi connectivity index (χ0v) is 12.8. The Morgan fingerprint density at radius 2 is 2.33 bits per heavy atom. The summed E-state index contributed by atoms with van der Waals surface area (Å²) in [6.45, 7) is 6.37. The van der Waals surface area contributed by atoms with Gasteiger partial charge in [0.05, 0.1) is 19.3 Å². The summed E-state index contributed by atoms with van der Waals surface area (Å²) < 4.78 is 11.1. The lowest BCUT2D eigenvalue weighted by atomic mass is 10.2. The molecule has 1 saturated heterocycles. The zero-order chi connectivity index (χ0) is 15.2. The van der Waals surface area contributed by atoms with Crippen LogP contribution in [0.2, 0.25) is 0 Å². The molecule has 0 saturated carbocycles. The fourth-order valence-corrected chi connectivity index (χ4v) is 2.18. The Morgan fingerprint density at radius 3 is 3.05 bits per heavy atom. The van der Waals surface area contributed by atoms with Crippen LogP contribution >= 0.6 is 0 Å². The summed E-state index contributed by atoms with van der Waals surface area (Å²) in [7, 11) is 1.60. The molecule has 1 amide bonds. The number of amides is 1. The van der Waals surface area contributed by atoms with E-state index >= 15 is 0 Å². The van der Waals surface area contributed by atoms with Gasteiger partial charge < -0.3 is 24.7 Å². The average Bonchev–Trinajstić information content (AvgIpc) is 3.01. The molecule has 1 aliphatic heterocycles. The summed E-state index contributed by atoms with van der Waals surface area (Å²) in [6.07, 6.45) is 1.04. The van der Waals surface area contributed by atoms with Gasteiger partial charge in [0.2, 0.25) is 11.8 Å². The highest BCUT2D eigenvalue weighted by Crippen LogP contribution is 2.21. The van der Waals surface area contributed by atoms with E-state index in [-0.39, 0.29) is 11.9 Å². The van der Waals surface area contributed by atoms with Gasteiger partial charge in [-0.05, 0) is 19.9 Å². The number of rotatable bonds is 6. The van der Waals surface area contributed by atoms with Crippen LogP contribution in [0.25, 0.3) is 0 Å². The number of hydrogen-bond acceptors (Lipinski definition) is 7. The smallest absolute Gasteiger partial charge is 0.319 e. The third-order valence-electron chi connectivity index (χ3n) is 3.42. The molecule has 2 unspecified atom stereocenters. The third kappa shape index (κ3) is 3.70. The van der Waals surface area contributed by atoms with Crippen molar-refractivity contribution in [3.05, 3.63) is 5.89 Å². The van der Waals surface area contributed by atoms with Crippen LogP contribution in [0, 0.1) is 0 Å². The molecule has 8 nitrogen and oxygen atoms in total. The van der Waals surface area contributed by atoms with Crippen LogP contribution < -0.4 is 15.5 Å². The van der Waals surface area contributed by atoms with E-state index in [0.29, 0.717) is 31.7 Å². The number of nitrogens with one attached hydrogen (secondary N) is 2. The summed E-state index contributed by atoms with van der Waals surface area (Å²) >= 11 is 0. The lowest BCUT2D eigenvalue weighted by molar-refractivity contribution is -0.124. The molecule has 0 aromatic carbocycles. The van der Waals surface area contributed by atoms with Gasteiger partial charge in [-0.2, -0.15) is 0 Å². The van der Waals surface area contributed by atoms with Crippen molar-refractivity contribution in [1.82, 2.24) is 20.8 Å². The lowest BCUT2D eigenvalue weighted by Gasteiger charge is -2.32. The van der Waals surface area contributed by atoms with Gasteiger partial charge in [-0.1, -0.05) is 12.0 Å². The normalized spacial score (nSPS) is 20.3. The van der Waals surface area contributed by atoms with E-state index < -0.39 is 6.04 Å². The Morgan fingerprint density at radius 1 is 1.52 bits per heavy atom. The van der Waals surface area contributed by atoms with Crippen LogP contribution in [-0.4, -0.2) is 55.5 Å². The standard InChI is InChI=1S/C13H23N5O3/c1-4-5-15-9(2)12-16-17-13(21-12)18-6-7-20-8-10(18)11(19)14-3/h9-10,15H,4-8H2,1-3H3,(H,14,19). The molecule has 21 heavy (non-hydrogen) atoms. The minimum absolute atomic E-state index is 0.00862. The van der Waals surface area contributed by atoms with E-state index in [4.69, 9.17) is 9.15 Å². The first-order chi connectivity index (χ1) is 10.2. The Kier molecular flexibility index (Phi) is 5.51. The molecule has 0 spiro atoms. The molecule has 0 aliphatic carbocycles. The fourth-order valence-electron chi connectivity index (χ4n) is 2.18. The largest absolute Gasteiger partial charge is 0.406 e. The maximum atomic E-state index is 11.9. The Balaban J connectivity index is 2.09. The number of anilines is 1. The zero-order valence-electron chi connectivity index (χ0n) is 12.8. The summed E-state index contributed by atoms with van der Waals surface area (Å²) in [5.41, 5.74) is 0. The van der Waals surface area contributed by atoms with Gasteiger partial charge in [0.25, 0.3) is 0 Å². The van der Waals surface area contributed by atoms with Crippen LogP contribution in [0.5, 0.6) is 0 Å². The van der Waals surface area contributed by atoms with Crippen LogP contribution in [0.3, 0.4) is 0 Å². The molecule has 2 rings (SSSR count). The number of carbonyl (C=O) groups excluding carboxylic acids is 1. The van der Waals surface area contributed by atoms with Gasteiger partial charge in [0.1, 0.15) is 6.04 Å². The molecule has 1 aromatic heterocycles. The van der Waals surface area contributed by atoms with Crippen molar-refractivity contribution in [3.8, 4) is 0 Å². The maximum Gasteiger partial charge on any atom is 0.319 e. The van der Waals surface area contributed by atoms with Gasteiger partial charge in [-0.15, -0.1) is 5.10 Å². The van der Waals surface area contributed by atoms with Gasteiger partial charge >= 0.3 is 6.01 Å². The van der Waals surface area contributed by atoms with Crippen LogP contribution in [-0.2, 0) is 9.53 Å². The topological polar surface area (TPSA) is 92.5 Å². The molecule has 2 heterocycles. The van der Waals surface area contributed by atoms with E-state index in [1.165, 1.54) is 0 Å². The summed E-state index contributed by atoms with van der Waals surface area (Å²) in [5.74, 6) is 0.409. The van der Waals surface area contributed by atoms with Gasteiger partial charge in [0.15, 0.2) is 0 Å². The van der Waals surface area contributed by atoms with Crippen LogP contribution in [0.1, 0.15) is 32.2 Å². The highest BCUT2D eigenvalue weighted by atomic mass is 16.5. The molecule has 1 aromatic rings. The minimum Gasteiger partial charge on any atom is -0.406 e. The first kappa shape index (κ1) is 15.7. The molecular weight excluding hydrogens is 274 g/mol. The van der Waals surface area contributed by atoms with E-state index in [0.717, 1.165) is 13.0 Å². The number of aromatic nitrogens is 2. The molecule has 1 fully saturated rings. The summed E-state index contributed by atoms with van der Waals surface area (Å²) in [5, 5.41) is 14.1. The second kappa shape index (κ2) is 7.37. The summed E-state index contributed by atoms with van der Waals surface area (Å²) in [6, 6.07) is -0.0753. The first-order valence-electron chi connectivity index (χ1n) is 7.30. The molecule has 2 N–H and O–H groups in total. The van der Waals surface area contributed by atoms with E-state index in [1.54, 1.807) is 11.9 Å². The molecule has 8 heteroatoms. The maximum absolute atomic E-state index is 11.9. The van der Waals surface area contributed by atoms with Gasteiger partial charge in [-0.3, -0.25) is 4.79 Å². The number of nitrogens with zero attached hydrogens (tertiary/aromatic N) is 3. The quantitative estimate of drug-likeness (QED) is 0.768. The minimum atomic E-state index is -0.434. The van der Waals surface area contributed by atoms with Crippen molar-refractivity contribution in [3.63, 3.8) is 0 Å². The molecule has 118 valence electrons. The van der Waals surface area contributed by atoms with E-state index in [1.807, 2.05) is 6.92 Å². The van der Waals surface area contributed by atoms with Gasteiger partial charge in [-0.25, -0.2) is 0 Å². The Hall–Kier alpha value is -1.67. The predicted octanol–water partition coefficient (Wildman–Crippen LogP) is 0.0814. The number of morpholine rings is 1. The van der Waals surface area contributed by atoms with Crippen LogP contribution in [0.4, 0.5) is 6.01 Å². The van der Waals surface area contributed by atoms with Crippen molar-refractivity contribution < 1.29 is 13.9 Å². The van der Waals surface area contributed by atoms with Crippen molar-refractivity contribution in [2.75, 3.05) is 38.3 Å². The number of carbonyl (C=O) groups is 1. The Bertz CT molecular complexity index is 464. The lowest BCUT2D eigenvalue weighted by Crippen LogP contribution is -2.53. The third-order valence-corrected chi connectivity index (χ3v) is 3.42. The van der Waals surface area contributed by atoms with Gasteiger partial charge in [0, 0.05) is 13.6 Å². The highest BCUT2D eigenvalue weighted by Gasteiger charge is 2.32. The molecule has 0 radical (unpaired) electrons. The van der Waals surface area contributed by atoms with E-state index in [2.05, 4.69) is 27.8 Å². The average molecular weight is 297 g/mol. The molecule has 0 bridgehead atoms. The van der Waals surface area contributed by atoms with Crippen molar-refractivity contribution in [1.29, 1.82) is 0 Å². The van der Waals surface area contributed by atoms with Crippen molar-refractivity contribution in [2.24, 2.45) is 0 Å². The SMILES string of the molecule is CCCNC(C)c1nnc(N2CCOCC2C(=O)NC)o1. The second-order valence-electron chi connectivity index (χ2n) is 5.00.